The van der Waals surface area contributed by atoms with Gasteiger partial charge in [0.1, 0.15) is 5.82 Å². The van der Waals surface area contributed by atoms with Gasteiger partial charge in [0.2, 0.25) is 0 Å². The molecule has 1 unspecified atom stereocenters. The number of rotatable bonds is 4. The zero-order chi connectivity index (χ0) is 13.1. The molecule has 1 aromatic heterocycles. The van der Waals surface area contributed by atoms with Crippen LogP contribution in [0.4, 0.5) is 10.1 Å². The van der Waals surface area contributed by atoms with Gasteiger partial charge in [-0.3, -0.25) is 0 Å². The number of likely N-dealkylation sites (N-methyl/N-ethyl adjacent to an activating group) is 1. The van der Waals surface area contributed by atoms with Crippen LogP contribution < -0.4 is 10.6 Å². The summed E-state index contributed by atoms with van der Waals surface area (Å²) in [6.07, 6.45) is 0. The number of halogens is 2. The van der Waals surface area contributed by atoms with Crippen molar-refractivity contribution >= 4 is 33.0 Å². The first-order valence-electron chi connectivity index (χ1n) is 5.54. The van der Waals surface area contributed by atoms with E-state index in [0.717, 1.165) is 10.2 Å². The Bertz CT molecular complexity index is 512. The van der Waals surface area contributed by atoms with Gasteiger partial charge in [0.15, 0.2) is 0 Å². The highest BCUT2D eigenvalue weighted by Crippen LogP contribution is 2.31. The van der Waals surface area contributed by atoms with E-state index in [9.17, 15) is 4.39 Å². The molecule has 2 nitrogen and oxygen atoms in total. The summed E-state index contributed by atoms with van der Waals surface area (Å²) >= 11 is 5.11. The highest BCUT2D eigenvalue weighted by molar-refractivity contribution is 9.10. The molecule has 2 rings (SSSR count). The highest BCUT2D eigenvalue weighted by atomic mass is 79.9. The Kier molecular flexibility index (Phi) is 4.37. The molecule has 2 aromatic rings. The molecule has 0 aliphatic rings. The number of benzene rings is 1. The first-order valence-corrected chi connectivity index (χ1v) is 7.21. The number of thiophene rings is 1. The summed E-state index contributed by atoms with van der Waals surface area (Å²) in [5.74, 6) is -0.227. The fourth-order valence-electron chi connectivity index (χ4n) is 1.82. The molecule has 0 amide bonds. The summed E-state index contributed by atoms with van der Waals surface area (Å²) in [5, 5.41) is 2.04. The third-order valence-electron chi connectivity index (χ3n) is 2.84. The van der Waals surface area contributed by atoms with Crippen LogP contribution in [0.2, 0.25) is 0 Å². The largest absolute Gasteiger partial charge is 0.365 e. The zero-order valence-electron chi connectivity index (χ0n) is 9.94. The molecule has 96 valence electrons. The van der Waals surface area contributed by atoms with Crippen molar-refractivity contribution in [3.05, 3.63) is 50.9 Å². The molecular weight excluding hydrogens is 315 g/mol. The molecule has 0 radical (unpaired) electrons. The summed E-state index contributed by atoms with van der Waals surface area (Å²) in [7, 11) is 1.97. The van der Waals surface area contributed by atoms with Crippen molar-refractivity contribution in [1.29, 1.82) is 0 Å². The molecule has 0 aliphatic carbocycles. The molecule has 18 heavy (non-hydrogen) atoms. The van der Waals surface area contributed by atoms with Gasteiger partial charge in [0.05, 0.1) is 6.04 Å². The second kappa shape index (κ2) is 5.82. The maximum atomic E-state index is 12.9. The number of hydrogen-bond acceptors (Lipinski definition) is 3. The molecule has 0 saturated heterocycles. The quantitative estimate of drug-likeness (QED) is 0.925. The van der Waals surface area contributed by atoms with E-state index in [1.165, 1.54) is 17.0 Å². The van der Waals surface area contributed by atoms with E-state index in [1.807, 2.05) is 12.4 Å². The van der Waals surface area contributed by atoms with Crippen LogP contribution in [0.1, 0.15) is 10.9 Å². The normalized spacial score (nSPS) is 12.4. The van der Waals surface area contributed by atoms with E-state index in [2.05, 4.69) is 26.9 Å². The van der Waals surface area contributed by atoms with Crippen molar-refractivity contribution in [1.82, 2.24) is 0 Å². The van der Waals surface area contributed by atoms with Gasteiger partial charge >= 0.3 is 0 Å². The van der Waals surface area contributed by atoms with Gasteiger partial charge in [-0.15, -0.1) is 11.3 Å². The number of hydrogen-bond donors (Lipinski definition) is 1. The van der Waals surface area contributed by atoms with Crippen molar-refractivity contribution in [2.45, 2.75) is 6.04 Å². The summed E-state index contributed by atoms with van der Waals surface area (Å²) in [6.45, 7) is 0.515. The third kappa shape index (κ3) is 2.91. The van der Waals surface area contributed by atoms with E-state index in [0.29, 0.717) is 6.54 Å². The standard InChI is InChI=1S/C13H14BrFN2S/c1-17(11-4-2-10(15)3-5-11)12(7-16)13-6-9(14)8-18-13/h2-6,8,12H,7,16H2,1H3. The fraction of sp³-hybridized carbons (Fsp3) is 0.231. The highest BCUT2D eigenvalue weighted by Gasteiger charge is 2.17. The minimum atomic E-state index is -0.227. The smallest absolute Gasteiger partial charge is 0.123 e. The van der Waals surface area contributed by atoms with Gasteiger partial charge < -0.3 is 10.6 Å². The van der Waals surface area contributed by atoms with Gasteiger partial charge in [-0.05, 0) is 46.3 Å². The van der Waals surface area contributed by atoms with Crippen LogP contribution in [0, 0.1) is 5.82 Å². The Hall–Kier alpha value is -0.910. The van der Waals surface area contributed by atoms with Gasteiger partial charge in [-0.25, -0.2) is 4.39 Å². The van der Waals surface area contributed by atoms with Gasteiger partial charge in [0.25, 0.3) is 0 Å². The summed E-state index contributed by atoms with van der Waals surface area (Å²) in [4.78, 5) is 3.26. The van der Waals surface area contributed by atoms with Crippen LogP contribution in [0.3, 0.4) is 0 Å². The zero-order valence-corrected chi connectivity index (χ0v) is 12.3. The van der Waals surface area contributed by atoms with Gasteiger partial charge in [-0.1, -0.05) is 0 Å². The molecule has 0 fully saturated rings. The molecule has 2 N–H and O–H groups in total. The Morgan fingerprint density at radius 1 is 1.39 bits per heavy atom. The summed E-state index contributed by atoms with van der Waals surface area (Å²) in [5.41, 5.74) is 6.81. The minimum Gasteiger partial charge on any atom is -0.365 e. The first kappa shape index (κ1) is 13.5. The van der Waals surface area contributed by atoms with Crippen LogP contribution in [-0.2, 0) is 0 Å². The van der Waals surface area contributed by atoms with Crippen molar-refractivity contribution in [3.8, 4) is 0 Å². The van der Waals surface area contributed by atoms with Crippen LogP contribution in [0.25, 0.3) is 0 Å². The lowest BCUT2D eigenvalue weighted by Gasteiger charge is -2.28. The average Bonchev–Trinajstić information content (AvgIpc) is 2.77. The van der Waals surface area contributed by atoms with Crippen molar-refractivity contribution in [2.75, 3.05) is 18.5 Å². The Labute approximate surface area is 118 Å². The average molecular weight is 329 g/mol. The van der Waals surface area contributed by atoms with Crippen LogP contribution in [0.15, 0.2) is 40.2 Å². The second-order valence-electron chi connectivity index (χ2n) is 4.01. The topological polar surface area (TPSA) is 29.3 Å². The summed E-state index contributed by atoms with van der Waals surface area (Å²) in [6, 6.07) is 8.63. The predicted molar refractivity (Wildman–Crippen MR) is 78.6 cm³/mol. The van der Waals surface area contributed by atoms with Crippen LogP contribution >= 0.6 is 27.3 Å². The lowest BCUT2D eigenvalue weighted by atomic mass is 10.2. The van der Waals surface area contributed by atoms with E-state index in [-0.39, 0.29) is 11.9 Å². The monoisotopic (exact) mass is 328 g/mol. The SMILES string of the molecule is CN(c1ccc(F)cc1)C(CN)c1cc(Br)cs1. The molecule has 1 aromatic carbocycles. The van der Waals surface area contributed by atoms with Crippen LogP contribution in [0.5, 0.6) is 0 Å². The van der Waals surface area contributed by atoms with Crippen LogP contribution in [-0.4, -0.2) is 13.6 Å². The lowest BCUT2D eigenvalue weighted by molar-refractivity contribution is 0.626. The Balaban J connectivity index is 2.25. The van der Waals surface area contributed by atoms with Crippen molar-refractivity contribution in [2.24, 2.45) is 5.73 Å². The maximum Gasteiger partial charge on any atom is 0.123 e. The minimum absolute atomic E-state index is 0.103. The lowest BCUT2D eigenvalue weighted by Crippen LogP contribution is -2.29. The Morgan fingerprint density at radius 3 is 2.56 bits per heavy atom. The summed E-state index contributed by atoms with van der Waals surface area (Å²) < 4.78 is 14.0. The molecule has 0 aliphatic heterocycles. The second-order valence-corrected chi connectivity index (χ2v) is 5.86. The van der Waals surface area contributed by atoms with Gasteiger partial charge in [0, 0.05) is 34.0 Å². The Morgan fingerprint density at radius 2 is 2.06 bits per heavy atom. The molecule has 0 bridgehead atoms. The molecule has 0 saturated carbocycles. The van der Waals surface area contributed by atoms with Crippen molar-refractivity contribution in [3.63, 3.8) is 0 Å². The fourth-order valence-corrected chi connectivity index (χ4v) is 3.43. The molecular formula is C13H14BrFN2S. The van der Waals surface area contributed by atoms with Crippen molar-refractivity contribution < 1.29 is 4.39 Å². The van der Waals surface area contributed by atoms with Gasteiger partial charge in [-0.2, -0.15) is 0 Å². The molecule has 1 heterocycles. The molecule has 0 spiro atoms. The maximum absolute atomic E-state index is 12.9. The number of nitrogens with two attached hydrogens (primary N) is 1. The van der Waals surface area contributed by atoms with E-state index in [4.69, 9.17) is 5.73 Å². The number of nitrogens with zero attached hydrogens (tertiary/aromatic N) is 1. The molecule has 1 atom stereocenters. The predicted octanol–water partition coefficient (Wildman–Crippen LogP) is 3.79. The van der Waals surface area contributed by atoms with E-state index >= 15 is 0 Å². The van der Waals surface area contributed by atoms with E-state index in [1.54, 1.807) is 23.5 Å². The molecule has 5 heteroatoms. The van der Waals surface area contributed by atoms with E-state index < -0.39 is 0 Å². The third-order valence-corrected chi connectivity index (χ3v) is 4.64. The first-order chi connectivity index (χ1) is 8.61. The number of anilines is 1.